The van der Waals surface area contributed by atoms with E-state index in [1.165, 1.54) is 12.1 Å². The van der Waals surface area contributed by atoms with Gasteiger partial charge in [-0.05, 0) is 42.7 Å². The lowest BCUT2D eigenvalue weighted by atomic mass is 9.96. The minimum atomic E-state index is -0.246. The lowest BCUT2D eigenvalue weighted by molar-refractivity contribution is -0.123. The van der Waals surface area contributed by atoms with Crippen LogP contribution in [0.4, 0.5) is 4.39 Å². The average Bonchev–Trinajstić information content (AvgIpc) is 3.40. The Bertz CT molecular complexity index is 711. The summed E-state index contributed by atoms with van der Waals surface area (Å²) < 4.78 is 23.7. The fourth-order valence-corrected chi connectivity index (χ4v) is 2.72. The molecule has 0 unspecified atom stereocenters. The SMILES string of the molecule is COc1ccccc1OCC(=O)NCC1(c2ccc(F)cc2)CC1. The summed E-state index contributed by atoms with van der Waals surface area (Å²) in [5.41, 5.74) is 1.00. The fraction of sp³-hybridized carbons (Fsp3) is 0.316. The molecule has 2 aromatic rings. The van der Waals surface area contributed by atoms with Crippen LogP contribution in [0.15, 0.2) is 48.5 Å². The molecule has 1 fully saturated rings. The monoisotopic (exact) mass is 329 g/mol. The molecule has 0 atom stereocenters. The molecular formula is C19H20FNO3. The summed E-state index contributed by atoms with van der Waals surface area (Å²) in [6, 6.07) is 13.7. The van der Waals surface area contributed by atoms with Gasteiger partial charge in [0.15, 0.2) is 18.1 Å². The standard InChI is InChI=1S/C19H20FNO3/c1-23-16-4-2-3-5-17(16)24-12-18(22)21-13-19(10-11-19)14-6-8-15(20)9-7-14/h2-9H,10-13H2,1H3,(H,21,22). The zero-order chi connectivity index (χ0) is 17.0. The number of hydrogen-bond donors (Lipinski definition) is 1. The summed E-state index contributed by atoms with van der Waals surface area (Å²) in [4.78, 5) is 12.0. The smallest absolute Gasteiger partial charge is 0.257 e. The molecule has 126 valence electrons. The zero-order valence-electron chi connectivity index (χ0n) is 13.5. The first-order valence-electron chi connectivity index (χ1n) is 7.91. The van der Waals surface area contributed by atoms with Crippen molar-refractivity contribution in [2.24, 2.45) is 0 Å². The Hall–Kier alpha value is -2.56. The van der Waals surface area contributed by atoms with Crippen molar-refractivity contribution in [3.8, 4) is 11.5 Å². The van der Waals surface area contributed by atoms with Gasteiger partial charge in [-0.25, -0.2) is 4.39 Å². The van der Waals surface area contributed by atoms with E-state index in [1.54, 1.807) is 31.4 Å². The van der Waals surface area contributed by atoms with E-state index in [9.17, 15) is 9.18 Å². The molecule has 1 saturated carbocycles. The number of carbonyl (C=O) groups is 1. The highest BCUT2D eigenvalue weighted by atomic mass is 19.1. The van der Waals surface area contributed by atoms with Gasteiger partial charge in [-0.1, -0.05) is 24.3 Å². The van der Waals surface area contributed by atoms with Crippen LogP contribution in [0.2, 0.25) is 0 Å². The van der Waals surface area contributed by atoms with Crippen molar-refractivity contribution in [3.05, 3.63) is 59.9 Å². The second-order valence-corrected chi connectivity index (χ2v) is 6.00. The van der Waals surface area contributed by atoms with Gasteiger partial charge in [0.2, 0.25) is 0 Å². The second-order valence-electron chi connectivity index (χ2n) is 6.00. The minimum absolute atomic E-state index is 0.0617. The summed E-state index contributed by atoms with van der Waals surface area (Å²) >= 11 is 0. The Kier molecular flexibility index (Phi) is 4.69. The Labute approximate surface area is 140 Å². The van der Waals surface area contributed by atoms with Crippen molar-refractivity contribution in [2.75, 3.05) is 20.3 Å². The number of halogens is 1. The minimum Gasteiger partial charge on any atom is -0.493 e. The quantitative estimate of drug-likeness (QED) is 0.849. The van der Waals surface area contributed by atoms with Crippen LogP contribution in [-0.4, -0.2) is 26.2 Å². The molecule has 0 heterocycles. The van der Waals surface area contributed by atoms with Crippen LogP contribution in [0.25, 0.3) is 0 Å². The lowest BCUT2D eigenvalue weighted by Crippen LogP contribution is -2.35. The first-order valence-corrected chi connectivity index (χ1v) is 7.91. The van der Waals surface area contributed by atoms with E-state index in [4.69, 9.17) is 9.47 Å². The molecule has 0 radical (unpaired) electrons. The highest BCUT2D eigenvalue weighted by molar-refractivity contribution is 5.77. The van der Waals surface area contributed by atoms with Crippen LogP contribution in [0.5, 0.6) is 11.5 Å². The Morgan fingerprint density at radius 2 is 1.79 bits per heavy atom. The molecule has 0 spiro atoms. The maximum absolute atomic E-state index is 13.0. The maximum Gasteiger partial charge on any atom is 0.257 e. The molecule has 2 aromatic carbocycles. The summed E-state index contributed by atoms with van der Waals surface area (Å²) in [7, 11) is 1.56. The van der Waals surface area contributed by atoms with E-state index in [0.29, 0.717) is 18.0 Å². The van der Waals surface area contributed by atoms with Gasteiger partial charge in [0.1, 0.15) is 5.82 Å². The molecule has 1 amide bonds. The molecule has 5 heteroatoms. The molecule has 4 nitrogen and oxygen atoms in total. The highest BCUT2D eigenvalue weighted by Gasteiger charge is 2.44. The molecule has 1 aliphatic carbocycles. The molecule has 0 aromatic heterocycles. The molecule has 0 aliphatic heterocycles. The van der Waals surface area contributed by atoms with E-state index in [2.05, 4.69) is 5.32 Å². The normalized spacial score (nSPS) is 14.8. The largest absolute Gasteiger partial charge is 0.493 e. The molecular weight excluding hydrogens is 309 g/mol. The number of methoxy groups -OCH3 is 1. The first-order chi connectivity index (χ1) is 11.6. The van der Waals surface area contributed by atoms with E-state index in [1.807, 2.05) is 12.1 Å². The number of rotatable bonds is 7. The number of hydrogen-bond acceptors (Lipinski definition) is 3. The van der Waals surface area contributed by atoms with E-state index < -0.39 is 0 Å². The van der Waals surface area contributed by atoms with Gasteiger partial charge in [0.25, 0.3) is 5.91 Å². The zero-order valence-corrected chi connectivity index (χ0v) is 13.5. The predicted molar refractivity (Wildman–Crippen MR) is 88.8 cm³/mol. The van der Waals surface area contributed by atoms with Gasteiger partial charge in [-0.3, -0.25) is 4.79 Å². The van der Waals surface area contributed by atoms with Crippen molar-refractivity contribution in [1.29, 1.82) is 0 Å². The molecule has 0 bridgehead atoms. The number of ether oxygens (including phenoxy) is 2. The van der Waals surface area contributed by atoms with Gasteiger partial charge in [-0.2, -0.15) is 0 Å². The third-order valence-electron chi connectivity index (χ3n) is 4.36. The van der Waals surface area contributed by atoms with Crippen LogP contribution in [0, 0.1) is 5.82 Å². The van der Waals surface area contributed by atoms with Gasteiger partial charge in [0.05, 0.1) is 7.11 Å². The molecule has 3 rings (SSSR count). The van der Waals surface area contributed by atoms with Crippen LogP contribution in [-0.2, 0) is 10.2 Å². The molecule has 24 heavy (non-hydrogen) atoms. The topological polar surface area (TPSA) is 47.6 Å². The Morgan fingerprint density at radius 3 is 2.42 bits per heavy atom. The summed E-state index contributed by atoms with van der Waals surface area (Å²) in [5, 5.41) is 2.91. The van der Waals surface area contributed by atoms with E-state index >= 15 is 0 Å². The van der Waals surface area contributed by atoms with Crippen molar-refractivity contribution in [1.82, 2.24) is 5.32 Å². The van der Waals surface area contributed by atoms with E-state index in [-0.39, 0.29) is 23.7 Å². The summed E-state index contributed by atoms with van der Waals surface area (Å²) in [5.74, 6) is 0.697. The number of amides is 1. The van der Waals surface area contributed by atoms with Gasteiger partial charge in [0, 0.05) is 12.0 Å². The van der Waals surface area contributed by atoms with E-state index in [0.717, 1.165) is 18.4 Å². The predicted octanol–water partition coefficient (Wildman–Crippen LogP) is 3.06. The number of carbonyl (C=O) groups excluding carboxylic acids is 1. The summed E-state index contributed by atoms with van der Waals surface area (Å²) in [6.45, 7) is 0.465. The molecule has 1 aliphatic rings. The molecule has 1 N–H and O–H groups in total. The second kappa shape index (κ2) is 6.91. The highest BCUT2D eigenvalue weighted by Crippen LogP contribution is 2.47. The van der Waals surface area contributed by atoms with Crippen LogP contribution >= 0.6 is 0 Å². The van der Waals surface area contributed by atoms with Crippen molar-refractivity contribution in [3.63, 3.8) is 0 Å². The van der Waals surface area contributed by atoms with Crippen molar-refractivity contribution < 1.29 is 18.7 Å². The average molecular weight is 329 g/mol. The first kappa shape index (κ1) is 16.3. The van der Waals surface area contributed by atoms with Gasteiger partial charge >= 0.3 is 0 Å². The summed E-state index contributed by atoms with van der Waals surface area (Å²) in [6.07, 6.45) is 1.98. The van der Waals surface area contributed by atoms with Crippen molar-refractivity contribution in [2.45, 2.75) is 18.3 Å². The van der Waals surface area contributed by atoms with Gasteiger partial charge < -0.3 is 14.8 Å². The van der Waals surface area contributed by atoms with Crippen molar-refractivity contribution >= 4 is 5.91 Å². The lowest BCUT2D eigenvalue weighted by Gasteiger charge is -2.17. The third kappa shape index (κ3) is 3.67. The number of nitrogens with one attached hydrogen (secondary N) is 1. The van der Waals surface area contributed by atoms with Crippen LogP contribution in [0.1, 0.15) is 18.4 Å². The van der Waals surface area contributed by atoms with Gasteiger partial charge in [-0.15, -0.1) is 0 Å². The maximum atomic E-state index is 13.0. The van der Waals surface area contributed by atoms with Crippen LogP contribution < -0.4 is 14.8 Å². The fourth-order valence-electron chi connectivity index (χ4n) is 2.72. The number of para-hydroxylation sites is 2. The Morgan fingerprint density at radius 1 is 1.12 bits per heavy atom. The van der Waals surface area contributed by atoms with Crippen LogP contribution in [0.3, 0.4) is 0 Å². The molecule has 0 saturated heterocycles. The third-order valence-corrected chi connectivity index (χ3v) is 4.36. The number of benzene rings is 2. The Balaban J connectivity index is 1.52.